The number of carbonyl (C=O) groups excluding carboxylic acids is 1. The summed E-state index contributed by atoms with van der Waals surface area (Å²) in [5, 5.41) is -0.778. The number of thiophene rings is 1. The van der Waals surface area contributed by atoms with Gasteiger partial charge in [-0.05, 0) is 22.0 Å². The van der Waals surface area contributed by atoms with Crippen LogP contribution in [-0.2, 0) is 19.6 Å². The Morgan fingerprint density at radius 1 is 1.67 bits per heavy atom. The molecule has 0 aromatic carbocycles. The molecule has 0 bridgehead atoms. The molecular formula is C8H8BrCl2NO4S2. The van der Waals surface area contributed by atoms with Gasteiger partial charge in [-0.2, -0.15) is 0 Å². The van der Waals surface area contributed by atoms with Crippen LogP contribution in [0.2, 0.25) is 5.02 Å². The van der Waals surface area contributed by atoms with Gasteiger partial charge in [-0.25, -0.2) is 13.1 Å². The van der Waals surface area contributed by atoms with E-state index in [2.05, 4.69) is 25.4 Å². The van der Waals surface area contributed by atoms with E-state index < -0.39 is 21.4 Å². The van der Waals surface area contributed by atoms with Gasteiger partial charge in [0.2, 0.25) is 10.0 Å². The number of alkyl halides is 1. The molecule has 5 nitrogen and oxygen atoms in total. The van der Waals surface area contributed by atoms with Gasteiger partial charge < -0.3 is 4.74 Å². The highest BCUT2D eigenvalue weighted by atomic mass is 79.9. The van der Waals surface area contributed by atoms with Crippen molar-refractivity contribution >= 4 is 66.5 Å². The van der Waals surface area contributed by atoms with E-state index in [4.69, 9.17) is 23.2 Å². The fourth-order valence-electron chi connectivity index (χ4n) is 0.924. The second kappa shape index (κ2) is 6.53. The van der Waals surface area contributed by atoms with Crippen LogP contribution in [0.4, 0.5) is 0 Å². The zero-order valence-corrected chi connectivity index (χ0v) is 13.7. The molecule has 1 N–H and O–H groups in total. The lowest BCUT2D eigenvalue weighted by atomic mass is 10.4. The normalized spacial score (nSPS) is 13.3. The number of hydrogen-bond acceptors (Lipinski definition) is 5. The van der Waals surface area contributed by atoms with Crippen molar-refractivity contribution in [3.05, 3.63) is 14.9 Å². The van der Waals surface area contributed by atoms with Gasteiger partial charge in [0.1, 0.15) is 9.59 Å². The van der Waals surface area contributed by atoms with E-state index in [0.29, 0.717) is 8.81 Å². The van der Waals surface area contributed by atoms with E-state index in [1.54, 1.807) is 0 Å². The van der Waals surface area contributed by atoms with Gasteiger partial charge in [0.25, 0.3) is 0 Å². The number of hydrogen-bond donors (Lipinski definition) is 1. The summed E-state index contributed by atoms with van der Waals surface area (Å²) in [7, 11) is -2.57. The maximum atomic E-state index is 11.8. The third-order valence-electron chi connectivity index (χ3n) is 1.80. The summed E-state index contributed by atoms with van der Waals surface area (Å²) in [4.78, 5) is 11.0. The van der Waals surface area contributed by atoms with Crippen LogP contribution >= 0.6 is 50.5 Å². The average molecular weight is 397 g/mol. The van der Waals surface area contributed by atoms with E-state index in [0.717, 1.165) is 11.3 Å². The summed E-state index contributed by atoms with van der Waals surface area (Å²) in [5.74, 6) is -0.704. The van der Waals surface area contributed by atoms with Crippen molar-refractivity contribution in [2.24, 2.45) is 0 Å². The van der Waals surface area contributed by atoms with Crippen LogP contribution in [0, 0.1) is 0 Å². The van der Waals surface area contributed by atoms with Crippen LogP contribution in [0.5, 0.6) is 0 Å². The van der Waals surface area contributed by atoms with Crippen LogP contribution in [0.3, 0.4) is 0 Å². The van der Waals surface area contributed by atoms with Crippen LogP contribution < -0.4 is 4.72 Å². The monoisotopic (exact) mass is 395 g/mol. The highest BCUT2D eigenvalue weighted by Gasteiger charge is 2.23. The van der Waals surface area contributed by atoms with E-state index in [9.17, 15) is 13.2 Å². The molecule has 1 atom stereocenters. The molecule has 1 rings (SSSR count). The topological polar surface area (TPSA) is 72.5 Å². The molecule has 1 unspecified atom stereocenters. The third kappa shape index (κ3) is 4.07. The minimum atomic E-state index is -3.74. The smallest absolute Gasteiger partial charge is 0.325 e. The summed E-state index contributed by atoms with van der Waals surface area (Å²) in [6.45, 7) is -0.260. The Balaban J connectivity index is 2.74. The molecule has 0 aliphatic heterocycles. The third-order valence-corrected chi connectivity index (χ3v) is 6.50. The molecular weight excluding hydrogens is 389 g/mol. The van der Waals surface area contributed by atoms with Gasteiger partial charge in [-0.15, -0.1) is 22.9 Å². The second-order valence-electron chi connectivity index (χ2n) is 3.03. The molecule has 0 amide bonds. The summed E-state index contributed by atoms with van der Waals surface area (Å²) >= 11 is 15.4. The minimum Gasteiger partial charge on any atom is -0.468 e. The lowest BCUT2D eigenvalue weighted by molar-refractivity contribution is -0.140. The first-order valence-electron chi connectivity index (χ1n) is 4.44. The maximum Gasteiger partial charge on any atom is 0.325 e. The maximum absolute atomic E-state index is 11.8. The number of methoxy groups -OCH3 is 1. The van der Waals surface area contributed by atoms with Gasteiger partial charge >= 0.3 is 5.97 Å². The van der Waals surface area contributed by atoms with E-state index in [1.165, 1.54) is 13.2 Å². The van der Waals surface area contributed by atoms with Gasteiger partial charge in [-0.3, -0.25) is 4.79 Å². The summed E-state index contributed by atoms with van der Waals surface area (Å²) in [6.07, 6.45) is 0. The van der Waals surface area contributed by atoms with Crippen LogP contribution in [0.1, 0.15) is 0 Å². The fourth-order valence-corrected chi connectivity index (χ4v) is 4.67. The van der Waals surface area contributed by atoms with Crippen molar-refractivity contribution in [2.45, 2.75) is 9.59 Å². The number of rotatable bonds is 5. The Labute approximate surface area is 127 Å². The zero-order valence-electron chi connectivity index (χ0n) is 8.95. The summed E-state index contributed by atoms with van der Waals surface area (Å²) in [6, 6.07) is 1.31. The highest BCUT2D eigenvalue weighted by molar-refractivity contribution is 9.11. The molecule has 1 aromatic heterocycles. The molecule has 0 saturated heterocycles. The summed E-state index contributed by atoms with van der Waals surface area (Å²) < 4.78 is 30.8. The molecule has 1 aromatic rings. The Morgan fingerprint density at radius 3 is 2.72 bits per heavy atom. The van der Waals surface area contributed by atoms with Crippen molar-refractivity contribution in [1.29, 1.82) is 0 Å². The number of sulfonamides is 1. The van der Waals surface area contributed by atoms with Crippen LogP contribution in [0.15, 0.2) is 14.1 Å². The molecule has 0 spiro atoms. The molecule has 0 radical (unpaired) electrons. The van der Waals surface area contributed by atoms with Crippen molar-refractivity contribution in [1.82, 2.24) is 4.72 Å². The average Bonchev–Trinajstić information content (AvgIpc) is 2.66. The van der Waals surface area contributed by atoms with Crippen LogP contribution in [-0.4, -0.2) is 33.4 Å². The Morgan fingerprint density at radius 2 is 2.28 bits per heavy atom. The molecule has 0 aliphatic rings. The predicted octanol–water partition coefficient (Wildman–Crippen LogP) is 2.22. The second-order valence-corrected chi connectivity index (χ2v) is 8.33. The molecule has 18 heavy (non-hydrogen) atoms. The van der Waals surface area contributed by atoms with E-state index in [-0.39, 0.29) is 10.8 Å². The van der Waals surface area contributed by atoms with Gasteiger partial charge in [0.05, 0.1) is 15.9 Å². The van der Waals surface area contributed by atoms with Gasteiger partial charge in [0, 0.05) is 6.54 Å². The Bertz CT molecular complexity index is 526. The number of carbonyl (C=O) groups is 1. The van der Waals surface area contributed by atoms with Crippen molar-refractivity contribution < 1.29 is 17.9 Å². The number of halogens is 3. The molecule has 1 heterocycles. The largest absolute Gasteiger partial charge is 0.468 e. The summed E-state index contributed by atoms with van der Waals surface area (Å²) in [5.41, 5.74) is 0. The Hall–Kier alpha value is 0.140. The molecule has 0 aliphatic carbocycles. The van der Waals surface area contributed by atoms with Crippen LogP contribution in [0.25, 0.3) is 0 Å². The minimum absolute atomic E-state index is 0.0353. The van der Waals surface area contributed by atoms with Crippen molar-refractivity contribution in [3.8, 4) is 0 Å². The first-order chi connectivity index (χ1) is 8.27. The lowest BCUT2D eigenvalue weighted by Crippen LogP contribution is -2.33. The van der Waals surface area contributed by atoms with E-state index in [1.807, 2.05) is 0 Å². The molecule has 0 fully saturated rings. The predicted molar refractivity (Wildman–Crippen MR) is 73.9 cm³/mol. The van der Waals surface area contributed by atoms with E-state index >= 15 is 0 Å². The standard InChI is InChI=1S/C8H8BrCl2NO4S2/c1-16-8(13)5(11)3-12-18(14,15)6-2-4(10)7(9)17-6/h2,5,12H,3H2,1H3. The SMILES string of the molecule is COC(=O)C(Cl)CNS(=O)(=O)c1cc(Cl)c(Br)s1. The molecule has 0 saturated carbocycles. The first-order valence-corrected chi connectivity index (χ1v) is 8.35. The van der Waals surface area contributed by atoms with Crippen molar-refractivity contribution in [3.63, 3.8) is 0 Å². The Kier molecular flexibility index (Phi) is 5.88. The van der Waals surface area contributed by atoms with Crippen molar-refractivity contribution in [2.75, 3.05) is 13.7 Å². The molecule has 10 heteroatoms. The lowest BCUT2D eigenvalue weighted by Gasteiger charge is -2.08. The quantitative estimate of drug-likeness (QED) is 0.611. The first kappa shape index (κ1) is 16.2. The van der Waals surface area contributed by atoms with Gasteiger partial charge in [-0.1, -0.05) is 11.6 Å². The highest BCUT2D eigenvalue weighted by Crippen LogP contribution is 2.34. The molecule has 102 valence electrons. The fraction of sp³-hybridized carbons (Fsp3) is 0.375. The zero-order chi connectivity index (χ0) is 13.9. The van der Waals surface area contributed by atoms with Gasteiger partial charge in [0.15, 0.2) is 0 Å². The number of esters is 1. The number of nitrogens with one attached hydrogen (secondary N) is 1. The number of ether oxygens (including phenoxy) is 1.